The Bertz CT molecular complexity index is 391. The molecule has 5 heteroatoms. The Morgan fingerprint density at radius 1 is 1.27 bits per heavy atom. The largest absolute Gasteiger partial charge is 0.227 e. The van der Waals surface area contributed by atoms with E-state index < -0.39 is 10.0 Å². The van der Waals surface area contributed by atoms with E-state index in [0.29, 0.717) is 6.54 Å². The lowest BCUT2D eigenvalue weighted by molar-refractivity contribution is 0.544. The summed E-state index contributed by atoms with van der Waals surface area (Å²) in [6, 6.07) is 9.16. The zero-order chi connectivity index (χ0) is 11.3. The molecule has 0 aliphatic heterocycles. The van der Waals surface area contributed by atoms with Crippen LogP contribution in [0.1, 0.15) is 18.9 Å². The number of rotatable bonds is 5. The maximum absolute atomic E-state index is 11.8. The third kappa shape index (κ3) is 3.93. The number of nitrogens with zero attached hydrogens (tertiary/aromatic N) is 1. The molecular formula is C10H14BrNO2S. The standard InChI is InChI=1S/C10H14BrNO2S/c1-2-8-12(11)15(13,14)9-10-6-4-3-5-7-10/h3-7H,2,8-9H2,1H3. The van der Waals surface area contributed by atoms with Crippen molar-refractivity contribution in [1.82, 2.24) is 3.33 Å². The Morgan fingerprint density at radius 3 is 2.40 bits per heavy atom. The average molecular weight is 292 g/mol. The SMILES string of the molecule is CCCN(Br)S(=O)(=O)Cc1ccccc1. The van der Waals surface area contributed by atoms with Crippen LogP contribution in [-0.4, -0.2) is 18.3 Å². The van der Waals surface area contributed by atoms with Gasteiger partial charge in [-0.3, -0.25) is 0 Å². The van der Waals surface area contributed by atoms with Gasteiger partial charge < -0.3 is 0 Å². The minimum atomic E-state index is -3.23. The topological polar surface area (TPSA) is 37.4 Å². The summed E-state index contributed by atoms with van der Waals surface area (Å²) in [5.41, 5.74) is 0.804. The number of sulfonamides is 1. The van der Waals surface area contributed by atoms with Crippen LogP contribution >= 0.6 is 16.1 Å². The van der Waals surface area contributed by atoms with Crippen molar-refractivity contribution in [3.05, 3.63) is 35.9 Å². The molecule has 0 fully saturated rings. The van der Waals surface area contributed by atoms with E-state index in [9.17, 15) is 8.42 Å². The minimum absolute atomic E-state index is 0.0408. The van der Waals surface area contributed by atoms with Gasteiger partial charge in [0, 0.05) is 22.7 Å². The van der Waals surface area contributed by atoms with E-state index >= 15 is 0 Å². The molecule has 0 bridgehead atoms. The van der Waals surface area contributed by atoms with Gasteiger partial charge in [0.05, 0.1) is 5.75 Å². The van der Waals surface area contributed by atoms with Crippen molar-refractivity contribution in [2.45, 2.75) is 19.1 Å². The Balaban J connectivity index is 2.73. The second-order valence-electron chi connectivity index (χ2n) is 3.25. The van der Waals surface area contributed by atoms with Crippen LogP contribution in [0.15, 0.2) is 30.3 Å². The number of benzene rings is 1. The Hall–Kier alpha value is -0.390. The summed E-state index contributed by atoms with van der Waals surface area (Å²) in [5, 5.41) is 0. The van der Waals surface area contributed by atoms with Crippen molar-refractivity contribution in [1.29, 1.82) is 0 Å². The number of hydrogen-bond acceptors (Lipinski definition) is 2. The molecule has 1 rings (SSSR count). The zero-order valence-corrected chi connectivity index (χ0v) is 11.0. The van der Waals surface area contributed by atoms with Crippen LogP contribution in [0.4, 0.5) is 0 Å². The van der Waals surface area contributed by atoms with Gasteiger partial charge in [-0.2, -0.15) is 0 Å². The summed E-state index contributed by atoms with van der Waals surface area (Å²) < 4.78 is 24.8. The molecule has 0 N–H and O–H groups in total. The first kappa shape index (κ1) is 12.7. The highest BCUT2D eigenvalue weighted by atomic mass is 79.9. The van der Waals surface area contributed by atoms with Gasteiger partial charge in [0.2, 0.25) is 10.0 Å². The molecule has 0 spiro atoms. The summed E-state index contributed by atoms with van der Waals surface area (Å²) >= 11 is 3.06. The highest BCUT2D eigenvalue weighted by molar-refractivity contribution is 9.08. The van der Waals surface area contributed by atoms with Gasteiger partial charge in [0.25, 0.3) is 0 Å². The van der Waals surface area contributed by atoms with E-state index in [0.717, 1.165) is 12.0 Å². The molecule has 0 amide bonds. The fourth-order valence-corrected chi connectivity index (χ4v) is 3.05. The smallest absolute Gasteiger partial charge is 0.211 e. The maximum atomic E-state index is 11.8. The molecule has 0 atom stereocenters. The van der Waals surface area contributed by atoms with Crippen molar-refractivity contribution in [3.63, 3.8) is 0 Å². The molecule has 15 heavy (non-hydrogen) atoms. The van der Waals surface area contributed by atoms with Gasteiger partial charge in [0.1, 0.15) is 0 Å². The quantitative estimate of drug-likeness (QED) is 0.782. The lowest BCUT2D eigenvalue weighted by Crippen LogP contribution is -2.23. The van der Waals surface area contributed by atoms with Crippen molar-refractivity contribution in [2.24, 2.45) is 0 Å². The summed E-state index contributed by atoms with van der Waals surface area (Å²) in [7, 11) is -3.23. The van der Waals surface area contributed by atoms with Crippen molar-refractivity contribution >= 4 is 26.2 Å². The molecule has 0 heterocycles. The van der Waals surface area contributed by atoms with Crippen molar-refractivity contribution < 1.29 is 8.42 Å². The lowest BCUT2D eigenvalue weighted by atomic mass is 10.2. The first-order valence-corrected chi connectivity index (χ1v) is 7.08. The molecule has 1 aromatic carbocycles. The van der Waals surface area contributed by atoms with E-state index in [1.54, 1.807) is 0 Å². The summed E-state index contributed by atoms with van der Waals surface area (Å²) in [6.45, 7) is 2.43. The number of hydrogen-bond donors (Lipinski definition) is 0. The zero-order valence-electron chi connectivity index (χ0n) is 8.56. The van der Waals surface area contributed by atoms with Gasteiger partial charge in [-0.1, -0.05) is 37.3 Å². The second-order valence-corrected chi connectivity index (χ2v) is 6.47. The third-order valence-corrected chi connectivity index (χ3v) is 5.06. The highest BCUT2D eigenvalue weighted by Crippen LogP contribution is 2.14. The van der Waals surface area contributed by atoms with Crippen LogP contribution in [0, 0.1) is 0 Å². The second kappa shape index (κ2) is 5.63. The van der Waals surface area contributed by atoms with Crippen LogP contribution in [0.3, 0.4) is 0 Å². The molecule has 0 unspecified atom stereocenters. The predicted octanol–water partition coefficient (Wildman–Crippen LogP) is 2.54. The summed E-state index contributed by atoms with van der Waals surface area (Å²) in [6.07, 6.45) is 0.791. The molecule has 0 aromatic heterocycles. The van der Waals surface area contributed by atoms with Gasteiger partial charge in [-0.05, 0) is 12.0 Å². The van der Waals surface area contributed by atoms with Crippen LogP contribution in [0.25, 0.3) is 0 Å². The molecule has 1 aromatic rings. The van der Waals surface area contributed by atoms with Gasteiger partial charge in [-0.15, -0.1) is 3.33 Å². The average Bonchev–Trinajstić information content (AvgIpc) is 2.19. The van der Waals surface area contributed by atoms with E-state index in [1.807, 2.05) is 37.3 Å². The first-order valence-electron chi connectivity index (χ1n) is 4.76. The Labute approximate surface area is 99.5 Å². The van der Waals surface area contributed by atoms with E-state index in [1.165, 1.54) is 3.33 Å². The van der Waals surface area contributed by atoms with Crippen LogP contribution in [0.5, 0.6) is 0 Å². The molecular weight excluding hydrogens is 278 g/mol. The minimum Gasteiger partial charge on any atom is -0.211 e. The molecule has 3 nitrogen and oxygen atoms in total. The first-order chi connectivity index (χ1) is 7.06. The van der Waals surface area contributed by atoms with E-state index in [2.05, 4.69) is 16.1 Å². The molecule has 84 valence electrons. The van der Waals surface area contributed by atoms with Crippen molar-refractivity contribution in [3.8, 4) is 0 Å². The summed E-state index contributed by atoms with van der Waals surface area (Å²) in [4.78, 5) is 0. The van der Waals surface area contributed by atoms with Gasteiger partial charge in [0.15, 0.2) is 0 Å². The molecule has 0 saturated heterocycles. The van der Waals surface area contributed by atoms with E-state index in [-0.39, 0.29) is 5.75 Å². The van der Waals surface area contributed by atoms with Crippen LogP contribution < -0.4 is 0 Å². The van der Waals surface area contributed by atoms with Gasteiger partial charge in [-0.25, -0.2) is 8.42 Å². The Kier molecular flexibility index (Phi) is 4.76. The normalized spacial score (nSPS) is 11.9. The Morgan fingerprint density at radius 2 is 1.87 bits per heavy atom. The summed E-state index contributed by atoms with van der Waals surface area (Å²) in [5.74, 6) is 0.0408. The van der Waals surface area contributed by atoms with Crippen LogP contribution in [0.2, 0.25) is 0 Å². The fraction of sp³-hybridized carbons (Fsp3) is 0.400. The fourth-order valence-electron chi connectivity index (χ4n) is 1.17. The lowest BCUT2D eigenvalue weighted by Gasteiger charge is -2.13. The third-order valence-electron chi connectivity index (χ3n) is 1.89. The monoisotopic (exact) mass is 291 g/mol. The maximum Gasteiger partial charge on any atom is 0.227 e. The molecule has 0 radical (unpaired) electrons. The van der Waals surface area contributed by atoms with E-state index in [4.69, 9.17) is 0 Å². The molecule has 0 aliphatic carbocycles. The molecule has 0 saturated carbocycles. The highest BCUT2D eigenvalue weighted by Gasteiger charge is 2.18. The predicted molar refractivity (Wildman–Crippen MR) is 65.0 cm³/mol. The van der Waals surface area contributed by atoms with Crippen LogP contribution in [-0.2, 0) is 15.8 Å². The molecule has 0 aliphatic rings. The van der Waals surface area contributed by atoms with Gasteiger partial charge >= 0.3 is 0 Å². The number of halogens is 1. The van der Waals surface area contributed by atoms with Crippen molar-refractivity contribution in [2.75, 3.05) is 6.54 Å².